The lowest BCUT2D eigenvalue weighted by Gasteiger charge is -2.34. The van der Waals surface area contributed by atoms with E-state index in [0.29, 0.717) is 11.5 Å². The maximum absolute atomic E-state index is 11.0. The van der Waals surface area contributed by atoms with Crippen LogP contribution in [0.2, 0.25) is 0 Å². The second-order valence-corrected chi connectivity index (χ2v) is 17.9. The number of fused-ring (bicyclic) bond motifs is 6. The quantitative estimate of drug-likeness (QED) is 0.134. The van der Waals surface area contributed by atoms with Gasteiger partial charge in [0.15, 0.2) is 0 Å². The summed E-state index contributed by atoms with van der Waals surface area (Å²) in [6.07, 6.45) is 0. The number of rotatable bonds is 6. The predicted octanol–water partition coefficient (Wildman–Crippen LogP) is 14.9. The standard InChI is InChI=1S/C37H26O2.C27H22O2/c38-35-21-19-27(23-31(35)25-11-3-1-4-12-25)37(28-20-22-36(39)32(24-28)26-13-5-2-6-14-26)33-17-9-7-15-29(33)30-16-8-10-18-34(30)37;1-17-15-19(11-13-25(17)28)27(20-12-14-26(29)18(2)16-20)23-9-5-3-7-21(23)22-8-4-6-10-24(22)27/h1-24,38-39H;3-16,28-29H,1-2H3. The lowest BCUT2D eigenvalue weighted by molar-refractivity contribution is 0.470. The van der Waals surface area contributed by atoms with E-state index in [4.69, 9.17) is 0 Å². The number of phenolic OH excluding ortho intramolecular Hbond substituents is 4. The molecule has 0 spiro atoms. The van der Waals surface area contributed by atoms with Gasteiger partial charge < -0.3 is 20.4 Å². The molecule has 0 saturated heterocycles. The number of benzene rings is 10. The van der Waals surface area contributed by atoms with Gasteiger partial charge in [0.25, 0.3) is 0 Å². The Morgan fingerprint density at radius 2 is 0.515 bits per heavy atom. The maximum atomic E-state index is 11.0. The third-order valence-electron chi connectivity index (χ3n) is 14.2. The summed E-state index contributed by atoms with van der Waals surface area (Å²) in [5.74, 6) is 1.08. The molecule has 10 aromatic rings. The molecule has 4 nitrogen and oxygen atoms in total. The van der Waals surface area contributed by atoms with Crippen molar-refractivity contribution in [3.05, 3.63) is 286 Å². The van der Waals surface area contributed by atoms with E-state index in [-0.39, 0.29) is 11.5 Å². The van der Waals surface area contributed by atoms with Crippen LogP contribution in [0.15, 0.2) is 231 Å². The van der Waals surface area contributed by atoms with Crippen LogP contribution in [0.3, 0.4) is 0 Å². The van der Waals surface area contributed by atoms with Gasteiger partial charge in [-0.05, 0) is 139 Å². The third-order valence-corrected chi connectivity index (χ3v) is 14.2. The van der Waals surface area contributed by atoms with Gasteiger partial charge >= 0.3 is 0 Å². The summed E-state index contributed by atoms with van der Waals surface area (Å²) in [5, 5.41) is 42.3. The van der Waals surface area contributed by atoms with Crippen LogP contribution in [0.25, 0.3) is 44.5 Å². The molecule has 0 aromatic heterocycles. The Morgan fingerprint density at radius 3 is 0.824 bits per heavy atom. The van der Waals surface area contributed by atoms with Gasteiger partial charge in [0, 0.05) is 11.1 Å². The molecule has 0 unspecified atom stereocenters. The molecule has 0 saturated carbocycles. The molecular formula is C64H48O4. The van der Waals surface area contributed by atoms with E-state index < -0.39 is 10.8 Å². The number of aromatic hydroxyl groups is 4. The van der Waals surface area contributed by atoms with Crippen molar-refractivity contribution in [3.8, 4) is 67.5 Å². The Balaban J connectivity index is 0.000000156. The average molecular weight is 881 g/mol. The van der Waals surface area contributed by atoms with Gasteiger partial charge in [-0.3, -0.25) is 0 Å². The van der Waals surface area contributed by atoms with Crippen LogP contribution >= 0.6 is 0 Å². The van der Waals surface area contributed by atoms with Crippen molar-refractivity contribution in [2.24, 2.45) is 0 Å². The van der Waals surface area contributed by atoms with Crippen molar-refractivity contribution >= 4 is 0 Å². The average Bonchev–Trinajstić information content (AvgIpc) is 3.85. The van der Waals surface area contributed by atoms with Gasteiger partial charge in [-0.15, -0.1) is 0 Å². The largest absolute Gasteiger partial charge is 0.508 e. The normalized spacial score (nSPS) is 13.3. The summed E-state index contributed by atoms with van der Waals surface area (Å²) in [7, 11) is 0. The molecule has 0 amide bonds. The Morgan fingerprint density at radius 1 is 0.250 bits per heavy atom. The van der Waals surface area contributed by atoms with E-state index >= 15 is 0 Å². The van der Waals surface area contributed by atoms with Crippen molar-refractivity contribution in [1.29, 1.82) is 0 Å². The summed E-state index contributed by atoms with van der Waals surface area (Å²) in [5.41, 5.74) is 18.0. The molecule has 0 bridgehead atoms. The fraction of sp³-hybridized carbons (Fsp3) is 0.0625. The molecule has 0 radical (unpaired) electrons. The highest BCUT2D eigenvalue weighted by Gasteiger charge is 2.48. The van der Waals surface area contributed by atoms with Gasteiger partial charge in [-0.2, -0.15) is 0 Å². The minimum atomic E-state index is -0.651. The first-order chi connectivity index (χ1) is 33.2. The first-order valence-corrected chi connectivity index (χ1v) is 23.0. The Labute approximate surface area is 397 Å². The van der Waals surface area contributed by atoms with Gasteiger partial charge in [0.2, 0.25) is 0 Å². The lowest BCUT2D eigenvalue weighted by atomic mass is 9.67. The van der Waals surface area contributed by atoms with Gasteiger partial charge in [0.1, 0.15) is 23.0 Å². The summed E-state index contributed by atoms with van der Waals surface area (Å²) < 4.78 is 0. The molecule has 10 aromatic carbocycles. The molecule has 0 heterocycles. The third kappa shape index (κ3) is 6.52. The highest BCUT2D eigenvalue weighted by molar-refractivity contribution is 5.89. The van der Waals surface area contributed by atoms with Gasteiger partial charge in [-0.25, -0.2) is 0 Å². The summed E-state index contributed by atoms with van der Waals surface area (Å²) in [4.78, 5) is 0. The van der Waals surface area contributed by atoms with E-state index in [0.717, 1.165) is 55.6 Å². The van der Waals surface area contributed by atoms with Crippen LogP contribution in [-0.4, -0.2) is 20.4 Å². The smallest absolute Gasteiger partial charge is 0.123 e. The monoisotopic (exact) mass is 880 g/mol. The molecule has 4 heteroatoms. The molecule has 2 aliphatic carbocycles. The number of phenols is 4. The molecule has 12 rings (SSSR count). The van der Waals surface area contributed by atoms with Crippen LogP contribution in [-0.2, 0) is 10.8 Å². The summed E-state index contributed by atoms with van der Waals surface area (Å²) in [6.45, 7) is 3.86. The van der Waals surface area contributed by atoms with Crippen LogP contribution in [0.5, 0.6) is 23.0 Å². The molecule has 68 heavy (non-hydrogen) atoms. The predicted molar refractivity (Wildman–Crippen MR) is 274 cm³/mol. The van der Waals surface area contributed by atoms with Crippen LogP contribution < -0.4 is 0 Å². The first kappa shape index (κ1) is 42.1. The fourth-order valence-corrected chi connectivity index (χ4v) is 11.1. The topological polar surface area (TPSA) is 80.9 Å². The zero-order valence-electron chi connectivity index (χ0n) is 37.7. The van der Waals surface area contributed by atoms with Crippen molar-refractivity contribution in [1.82, 2.24) is 0 Å². The van der Waals surface area contributed by atoms with Crippen molar-refractivity contribution in [2.45, 2.75) is 24.7 Å². The molecule has 4 N–H and O–H groups in total. The van der Waals surface area contributed by atoms with E-state index in [9.17, 15) is 20.4 Å². The Bertz CT molecular complexity index is 3300. The Kier molecular flexibility index (Phi) is 10.3. The molecule has 0 atom stereocenters. The second-order valence-electron chi connectivity index (χ2n) is 17.9. The molecule has 328 valence electrons. The van der Waals surface area contributed by atoms with E-state index in [1.807, 2.05) is 111 Å². The fourth-order valence-electron chi connectivity index (χ4n) is 11.1. The lowest BCUT2D eigenvalue weighted by Crippen LogP contribution is -2.28. The van der Waals surface area contributed by atoms with Crippen LogP contribution in [0.4, 0.5) is 0 Å². The van der Waals surface area contributed by atoms with E-state index in [1.165, 1.54) is 44.5 Å². The molecule has 0 aliphatic heterocycles. The van der Waals surface area contributed by atoms with E-state index in [1.54, 1.807) is 12.1 Å². The minimum Gasteiger partial charge on any atom is -0.508 e. The van der Waals surface area contributed by atoms with E-state index in [2.05, 4.69) is 121 Å². The van der Waals surface area contributed by atoms with Gasteiger partial charge in [-0.1, -0.05) is 194 Å². The zero-order chi connectivity index (χ0) is 46.6. The Hall–Kier alpha value is -8.60. The minimum absolute atomic E-state index is 0.246. The number of hydrogen-bond acceptors (Lipinski definition) is 4. The first-order valence-electron chi connectivity index (χ1n) is 23.0. The zero-order valence-corrected chi connectivity index (χ0v) is 37.7. The summed E-state index contributed by atoms with van der Waals surface area (Å²) in [6, 6.07) is 77.9. The van der Waals surface area contributed by atoms with Crippen LogP contribution in [0.1, 0.15) is 55.6 Å². The number of hydrogen-bond donors (Lipinski definition) is 4. The maximum Gasteiger partial charge on any atom is 0.123 e. The molecule has 0 fully saturated rings. The summed E-state index contributed by atoms with van der Waals surface area (Å²) >= 11 is 0. The second kappa shape index (κ2) is 16.7. The van der Waals surface area contributed by atoms with Crippen molar-refractivity contribution in [3.63, 3.8) is 0 Å². The highest BCUT2D eigenvalue weighted by Crippen LogP contribution is 2.59. The van der Waals surface area contributed by atoms with Gasteiger partial charge in [0.05, 0.1) is 10.8 Å². The molecular weight excluding hydrogens is 833 g/mol. The van der Waals surface area contributed by atoms with Crippen molar-refractivity contribution < 1.29 is 20.4 Å². The molecule has 2 aliphatic rings. The SMILES string of the molecule is Cc1cc(C2(c3ccc(O)c(C)c3)c3ccccc3-c3ccccc32)ccc1O.Oc1ccc(C2(c3ccc(O)c(-c4ccccc4)c3)c3ccccc3-c3ccccc32)cc1-c1ccccc1. The highest BCUT2D eigenvalue weighted by atomic mass is 16.3. The van der Waals surface area contributed by atoms with Crippen LogP contribution in [0, 0.1) is 13.8 Å². The van der Waals surface area contributed by atoms with Crippen molar-refractivity contribution in [2.75, 3.05) is 0 Å². The number of aryl methyl sites for hydroxylation is 2.